The van der Waals surface area contributed by atoms with Crippen LogP contribution in [-0.2, 0) is 14.3 Å². The summed E-state index contributed by atoms with van der Waals surface area (Å²) >= 11 is 0. The van der Waals surface area contributed by atoms with Gasteiger partial charge in [0, 0.05) is 20.2 Å². The van der Waals surface area contributed by atoms with E-state index in [4.69, 9.17) is 9.84 Å². The van der Waals surface area contributed by atoms with Gasteiger partial charge in [-0.3, -0.25) is 9.59 Å². The zero-order chi connectivity index (χ0) is 13.0. The van der Waals surface area contributed by atoms with Gasteiger partial charge in [0.05, 0.1) is 18.4 Å². The molecule has 0 aromatic carbocycles. The second-order valence-electron chi connectivity index (χ2n) is 4.96. The van der Waals surface area contributed by atoms with Gasteiger partial charge in [0.2, 0.25) is 5.91 Å². The number of rotatable bonds is 7. The topological polar surface area (TPSA) is 66.8 Å². The van der Waals surface area contributed by atoms with Gasteiger partial charge in [-0.05, 0) is 12.3 Å². The predicted molar refractivity (Wildman–Crippen MR) is 62.5 cm³/mol. The molecule has 0 aromatic rings. The molecule has 98 valence electrons. The van der Waals surface area contributed by atoms with Crippen molar-refractivity contribution in [2.75, 3.05) is 26.8 Å². The molecule has 17 heavy (non-hydrogen) atoms. The molecule has 0 spiro atoms. The van der Waals surface area contributed by atoms with Gasteiger partial charge in [0.15, 0.2) is 0 Å². The van der Waals surface area contributed by atoms with Crippen molar-refractivity contribution in [2.45, 2.75) is 20.3 Å². The second kappa shape index (κ2) is 6.00. The smallest absolute Gasteiger partial charge is 0.307 e. The van der Waals surface area contributed by atoms with Crippen LogP contribution in [0.5, 0.6) is 0 Å². The molecule has 0 aliphatic heterocycles. The van der Waals surface area contributed by atoms with E-state index in [-0.39, 0.29) is 11.8 Å². The summed E-state index contributed by atoms with van der Waals surface area (Å²) in [5.41, 5.74) is 0. The standard InChI is InChI=1S/C12H21NO4/c1-8(2)7-13(4-5-17-3)11(14)9-6-10(9)12(15)16/h8-10H,4-7H2,1-3H3,(H,15,16)/t9-,10+/m1/s1. The number of hydrogen-bond acceptors (Lipinski definition) is 3. The van der Waals surface area contributed by atoms with Crippen LogP contribution < -0.4 is 0 Å². The molecule has 0 unspecified atom stereocenters. The Morgan fingerprint density at radius 2 is 2.06 bits per heavy atom. The summed E-state index contributed by atoms with van der Waals surface area (Å²) in [5, 5.41) is 8.82. The third kappa shape index (κ3) is 4.00. The van der Waals surface area contributed by atoms with Crippen molar-refractivity contribution in [3.8, 4) is 0 Å². The molecular formula is C12H21NO4. The molecule has 5 nitrogen and oxygen atoms in total. The van der Waals surface area contributed by atoms with Crippen LogP contribution in [0.4, 0.5) is 0 Å². The van der Waals surface area contributed by atoms with Crippen LogP contribution in [0.1, 0.15) is 20.3 Å². The molecule has 2 atom stereocenters. The van der Waals surface area contributed by atoms with Crippen LogP contribution in [0.2, 0.25) is 0 Å². The van der Waals surface area contributed by atoms with Crippen LogP contribution >= 0.6 is 0 Å². The number of hydrogen-bond donors (Lipinski definition) is 1. The van der Waals surface area contributed by atoms with E-state index in [0.717, 1.165) is 0 Å². The molecule has 0 bridgehead atoms. The monoisotopic (exact) mass is 243 g/mol. The summed E-state index contributed by atoms with van der Waals surface area (Å²) in [5.74, 6) is -1.32. The molecule has 0 heterocycles. The number of carboxylic acids is 1. The number of carbonyl (C=O) groups excluding carboxylic acids is 1. The number of aliphatic carboxylic acids is 1. The van der Waals surface area contributed by atoms with Crippen molar-refractivity contribution >= 4 is 11.9 Å². The second-order valence-corrected chi connectivity index (χ2v) is 4.96. The minimum atomic E-state index is -0.861. The van der Waals surface area contributed by atoms with Gasteiger partial charge < -0.3 is 14.7 Å². The number of methoxy groups -OCH3 is 1. The molecule has 0 aromatic heterocycles. The van der Waals surface area contributed by atoms with Crippen LogP contribution in [-0.4, -0.2) is 48.7 Å². The summed E-state index contributed by atoms with van der Waals surface area (Å²) in [7, 11) is 1.59. The van der Waals surface area contributed by atoms with Crippen LogP contribution in [0.15, 0.2) is 0 Å². The van der Waals surface area contributed by atoms with Gasteiger partial charge in [-0.2, -0.15) is 0 Å². The van der Waals surface area contributed by atoms with E-state index in [2.05, 4.69) is 0 Å². The first-order chi connectivity index (χ1) is 7.97. The summed E-state index contributed by atoms with van der Waals surface area (Å²) < 4.78 is 4.97. The summed E-state index contributed by atoms with van der Waals surface area (Å²) in [6.45, 7) is 5.76. The van der Waals surface area contributed by atoms with Crippen molar-refractivity contribution in [1.82, 2.24) is 4.90 Å². The molecule has 1 rings (SSSR count). The van der Waals surface area contributed by atoms with Crippen molar-refractivity contribution in [3.63, 3.8) is 0 Å². The Balaban J connectivity index is 2.51. The Labute approximate surface area is 102 Å². The van der Waals surface area contributed by atoms with Gasteiger partial charge in [-0.1, -0.05) is 13.8 Å². The van der Waals surface area contributed by atoms with Crippen molar-refractivity contribution in [3.05, 3.63) is 0 Å². The maximum Gasteiger partial charge on any atom is 0.307 e. The lowest BCUT2D eigenvalue weighted by Gasteiger charge is -2.24. The fourth-order valence-electron chi connectivity index (χ4n) is 1.91. The zero-order valence-electron chi connectivity index (χ0n) is 10.7. The molecule has 1 fully saturated rings. The van der Waals surface area contributed by atoms with Crippen molar-refractivity contribution in [1.29, 1.82) is 0 Å². The Hall–Kier alpha value is -1.10. The Morgan fingerprint density at radius 1 is 1.41 bits per heavy atom. The van der Waals surface area contributed by atoms with Gasteiger partial charge in [0.25, 0.3) is 0 Å². The average Bonchev–Trinajstić information content (AvgIpc) is 3.02. The molecule has 1 N–H and O–H groups in total. The first-order valence-electron chi connectivity index (χ1n) is 5.97. The highest BCUT2D eigenvalue weighted by atomic mass is 16.5. The molecule has 1 aliphatic carbocycles. The van der Waals surface area contributed by atoms with Crippen molar-refractivity contribution < 1.29 is 19.4 Å². The first kappa shape index (κ1) is 14.0. The van der Waals surface area contributed by atoms with Crippen LogP contribution in [0.3, 0.4) is 0 Å². The largest absolute Gasteiger partial charge is 0.481 e. The maximum absolute atomic E-state index is 12.1. The zero-order valence-corrected chi connectivity index (χ0v) is 10.7. The van der Waals surface area contributed by atoms with E-state index in [0.29, 0.717) is 32.0 Å². The average molecular weight is 243 g/mol. The Bertz CT molecular complexity index is 290. The van der Waals surface area contributed by atoms with E-state index >= 15 is 0 Å². The molecule has 1 saturated carbocycles. The lowest BCUT2D eigenvalue weighted by Crippen LogP contribution is -2.38. The SMILES string of the molecule is COCCN(CC(C)C)C(=O)[C@@H]1C[C@@H]1C(=O)O. The third-order valence-corrected chi connectivity index (χ3v) is 2.89. The molecule has 0 saturated heterocycles. The Kier molecular flexibility index (Phi) is 4.93. The summed E-state index contributed by atoms with van der Waals surface area (Å²) in [6.07, 6.45) is 0.482. The molecule has 0 radical (unpaired) electrons. The number of ether oxygens (including phenoxy) is 1. The lowest BCUT2D eigenvalue weighted by molar-refractivity contribution is -0.142. The van der Waals surface area contributed by atoms with Crippen LogP contribution in [0.25, 0.3) is 0 Å². The maximum atomic E-state index is 12.1. The predicted octanol–water partition coefficient (Wildman–Crippen LogP) is 0.838. The lowest BCUT2D eigenvalue weighted by atomic mass is 10.2. The quantitative estimate of drug-likeness (QED) is 0.719. The molecule has 1 aliphatic rings. The van der Waals surface area contributed by atoms with E-state index in [1.54, 1.807) is 12.0 Å². The highest BCUT2D eigenvalue weighted by Gasteiger charge is 2.49. The number of amides is 1. The third-order valence-electron chi connectivity index (χ3n) is 2.89. The van der Waals surface area contributed by atoms with Crippen molar-refractivity contribution in [2.24, 2.45) is 17.8 Å². The number of nitrogens with zero attached hydrogens (tertiary/aromatic N) is 1. The van der Waals surface area contributed by atoms with E-state index in [1.165, 1.54) is 0 Å². The Morgan fingerprint density at radius 3 is 2.47 bits per heavy atom. The summed E-state index contributed by atoms with van der Waals surface area (Å²) in [6, 6.07) is 0. The number of carbonyl (C=O) groups is 2. The highest BCUT2D eigenvalue weighted by Crippen LogP contribution is 2.40. The van der Waals surface area contributed by atoms with E-state index in [1.807, 2.05) is 13.8 Å². The summed E-state index contributed by atoms with van der Waals surface area (Å²) in [4.78, 5) is 24.5. The van der Waals surface area contributed by atoms with Gasteiger partial charge >= 0.3 is 5.97 Å². The molecule has 5 heteroatoms. The first-order valence-corrected chi connectivity index (χ1v) is 5.97. The fourth-order valence-corrected chi connectivity index (χ4v) is 1.91. The highest BCUT2D eigenvalue weighted by molar-refractivity contribution is 5.89. The van der Waals surface area contributed by atoms with Gasteiger partial charge in [-0.25, -0.2) is 0 Å². The minimum Gasteiger partial charge on any atom is -0.481 e. The molecule has 1 amide bonds. The minimum absolute atomic E-state index is 0.0387. The fraction of sp³-hybridized carbons (Fsp3) is 0.833. The van der Waals surface area contributed by atoms with E-state index in [9.17, 15) is 9.59 Å². The van der Waals surface area contributed by atoms with E-state index < -0.39 is 11.9 Å². The normalized spacial score (nSPS) is 22.6. The number of carboxylic acid groups (broad SMARTS) is 1. The van der Waals surface area contributed by atoms with Gasteiger partial charge in [-0.15, -0.1) is 0 Å². The molecular weight excluding hydrogens is 222 g/mol. The van der Waals surface area contributed by atoms with Crippen LogP contribution in [0, 0.1) is 17.8 Å². The van der Waals surface area contributed by atoms with Gasteiger partial charge in [0.1, 0.15) is 0 Å².